The molecule has 0 radical (unpaired) electrons. The molecule has 0 bridgehead atoms. The number of benzene rings is 1. The van der Waals surface area contributed by atoms with Crippen LogP contribution < -0.4 is 10.2 Å². The van der Waals surface area contributed by atoms with Crippen molar-refractivity contribution in [3.05, 3.63) is 50.7 Å². The highest BCUT2D eigenvalue weighted by Crippen LogP contribution is 2.34. The topological polar surface area (TPSA) is 83.8 Å². The van der Waals surface area contributed by atoms with E-state index in [1.165, 1.54) is 19.5 Å². The molecule has 0 saturated carbocycles. The Kier molecular flexibility index (Phi) is 5.51. The number of ether oxygens (including phenoxy) is 1. The lowest BCUT2D eigenvalue weighted by molar-refractivity contribution is 0.0954. The molecule has 0 aliphatic rings. The van der Waals surface area contributed by atoms with Crippen molar-refractivity contribution in [3.8, 4) is 11.5 Å². The second-order valence-corrected chi connectivity index (χ2v) is 5.91. The Morgan fingerprint density at radius 3 is 2.82 bits per heavy atom. The van der Waals surface area contributed by atoms with Crippen LogP contribution in [0, 0.1) is 0 Å². The van der Waals surface area contributed by atoms with Gasteiger partial charge in [0.15, 0.2) is 11.5 Å². The zero-order valence-electron chi connectivity index (χ0n) is 11.4. The third-order valence-corrected chi connectivity index (χ3v) is 3.66. The maximum atomic E-state index is 11.9. The Balaban J connectivity index is 2.10. The molecule has 0 fully saturated rings. The van der Waals surface area contributed by atoms with E-state index >= 15 is 0 Å². The van der Waals surface area contributed by atoms with E-state index in [0.29, 0.717) is 25.8 Å². The first-order chi connectivity index (χ1) is 10.5. The number of hydrazone groups is 1. The fraction of sp³-hybridized carbons (Fsp3) is 0.0714. The molecule has 2 N–H and O–H groups in total. The summed E-state index contributed by atoms with van der Waals surface area (Å²) in [5.41, 5.74) is 3.43. The van der Waals surface area contributed by atoms with Crippen LogP contribution in [-0.4, -0.2) is 29.3 Å². The van der Waals surface area contributed by atoms with Crippen LogP contribution in [0.4, 0.5) is 0 Å². The van der Waals surface area contributed by atoms with Gasteiger partial charge >= 0.3 is 0 Å². The molecule has 0 aliphatic carbocycles. The van der Waals surface area contributed by atoms with E-state index in [1.807, 2.05) is 0 Å². The summed E-state index contributed by atoms with van der Waals surface area (Å²) in [5.74, 6) is -0.0721. The number of pyridine rings is 1. The van der Waals surface area contributed by atoms with Crippen LogP contribution in [0.15, 0.2) is 44.6 Å². The summed E-state index contributed by atoms with van der Waals surface area (Å²) in [5, 5.41) is 13.6. The molecule has 1 aromatic heterocycles. The van der Waals surface area contributed by atoms with Crippen molar-refractivity contribution in [2.75, 3.05) is 7.11 Å². The minimum absolute atomic E-state index is 0.00361. The van der Waals surface area contributed by atoms with Crippen molar-refractivity contribution in [2.45, 2.75) is 0 Å². The summed E-state index contributed by atoms with van der Waals surface area (Å²) in [7, 11) is 1.45. The van der Waals surface area contributed by atoms with Gasteiger partial charge in [0.1, 0.15) is 0 Å². The second-order valence-electron chi connectivity index (χ2n) is 4.14. The Morgan fingerprint density at radius 1 is 1.36 bits per heavy atom. The fourth-order valence-electron chi connectivity index (χ4n) is 1.59. The van der Waals surface area contributed by atoms with Crippen molar-refractivity contribution in [2.24, 2.45) is 5.10 Å². The number of phenolic OH excluding ortho intramolecular Hbond substituents is 1. The van der Waals surface area contributed by atoms with E-state index in [1.54, 1.807) is 24.4 Å². The minimum Gasteiger partial charge on any atom is -0.503 e. The van der Waals surface area contributed by atoms with Gasteiger partial charge in [0.05, 0.1) is 23.4 Å². The average molecular weight is 429 g/mol. The van der Waals surface area contributed by atoms with E-state index in [4.69, 9.17) is 4.74 Å². The monoisotopic (exact) mass is 427 g/mol. The Bertz CT molecular complexity index is 735. The lowest BCUT2D eigenvalue weighted by Gasteiger charge is -2.06. The number of carbonyl (C=O) groups is 1. The van der Waals surface area contributed by atoms with E-state index in [-0.39, 0.29) is 11.7 Å². The van der Waals surface area contributed by atoms with E-state index in [0.717, 1.165) is 0 Å². The SMILES string of the molecule is COc1cc(/C=N/NC(=O)c2cncc(Br)c2)cc(Br)c1O. The molecule has 1 aromatic carbocycles. The van der Waals surface area contributed by atoms with Crippen LogP contribution in [-0.2, 0) is 0 Å². The van der Waals surface area contributed by atoms with Crippen molar-refractivity contribution in [1.29, 1.82) is 0 Å². The Hall–Kier alpha value is -1.93. The van der Waals surface area contributed by atoms with Crippen LogP contribution in [0.1, 0.15) is 15.9 Å². The van der Waals surface area contributed by atoms with Crippen LogP contribution in [0.3, 0.4) is 0 Å². The fourth-order valence-corrected chi connectivity index (χ4v) is 2.41. The van der Waals surface area contributed by atoms with E-state index in [2.05, 4.69) is 47.4 Å². The Labute approximate surface area is 143 Å². The average Bonchev–Trinajstić information content (AvgIpc) is 2.50. The van der Waals surface area contributed by atoms with Gasteiger partial charge in [-0.1, -0.05) is 0 Å². The summed E-state index contributed by atoms with van der Waals surface area (Å²) < 4.78 is 6.21. The molecular formula is C14H11Br2N3O3. The molecular weight excluding hydrogens is 418 g/mol. The number of nitrogens with one attached hydrogen (secondary N) is 1. The maximum Gasteiger partial charge on any atom is 0.272 e. The van der Waals surface area contributed by atoms with Gasteiger partial charge in [-0.2, -0.15) is 5.10 Å². The predicted molar refractivity (Wildman–Crippen MR) is 89.4 cm³/mol. The van der Waals surface area contributed by atoms with E-state index in [9.17, 15) is 9.90 Å². The smallest absolute Gasteiger partial charge is 0.272 e. The second kappa shape index (κ2) is 7.37. The molecule has 22 heavy (non-hydrogen) atoms. The normalized spacial score (nSPS) is 10.7. The lowest BCUT2D eigenvalue weighted by atomic mass is 10.2. The highest BCUT2D eigenvalue weighted by atomic mass is 79.9. The third kappa shape index (κ3) is 4.05. The first kappa shape index (κ1) is 16.4. The molecule has 1 amide bonds. The number of nitrogens with zero attached hydrogens (tertiary/aromatic N) is 2. The predicted octanol–water partition coefficient (Wildman–Crippen LogP) is 3.08. The molecule has 2 rings (SSSR count). The first-order valence-corrected chi connectivity index (χ1v) is 7.60. The highest BCUT2D eigenvalue weighted by Gasteiger charge is 2.08. The number of rotatable bonds is 4. The van der Waals surface area contributed by atoms with Crippen LogP contribution in [0.25, 0.3) is 0 Å². The molecule has 6 nitrogen and oxygen atoms in total. The highest BCUT2D eigenvalue weighted by molar-refractivity contribution is 9.10. The lowest BCUT2D eigenvalue weighted by Crippen LogP contribution is -2.17. The zero-order valence-corrected chi connectivity index (χ0v) is 14.6. The van der Waals surface area contributed by atoms with Crippen LogP contribution >= 0.6 is 31.9 Å². The summed E-state index contributed by atoms with van der Waals surface area (Å²) in [6.07, 6.45) is 4.46. The van der Waals surface area contributed by atoms with Crippen molar-refractivity contribution in [1.82, 2.24) is 10.4 Å². The van der Waals surface area contributed by atoms with Crippen LogP contribution in [0.5, 0.6) is 11.5 Å². The number of hydrogen-bond donors (Lipinski definition) is 2. The van der Waals surface area contributed by atoms with Gasteiger partial charge in [0, 0.05) is 16.9 Å². The number of amides is 1. The number of hydrogen-bond acceptors (Lipinski definition) is 5. The molecule has 0 atom stereocenters. The van der Waals surface area contributed by atoms with Crippen LogP contribution in [0.2, 0.25) is 0 Å². The van der Waals surface area contributed by atoms with Crippen molar-refractivity contribution >= 4 is 44.0 Å². The molecule has 0 spiro atoms. The van der Waals surface area contributed by atoms with Crippen molar-refractivity contribution < 1.29 is 14.6 Å². The molecule has 1 heterocycles. The summed E-state index contributed by atoms with van der Waals surface area (Å²) in [6.45, 7) is 0. The van der Waals surface area contributed by atoms with Gasteiger partial charge < -0.3 is 9.84 Å². The molecule has 0 aliphatic heterocycles. The summed E-state index contributed by atoms with van der Waals surface area (Å²) in [6, 6.07) is 4.88. The number of aromatic hydroxyl groups is 1. The van der Waals surface area contributed by atoms with Gasteiger partial charge in [-0.25, -0.2) is 5.43 Å². The van der Waals surface area contributed by atoms with Gasteiger partial charge in [-0.3, -0.25) is 9.78 Å². The van der Waals surface area contributed by atoms with Gasteiger partial charge in [-0.05, 0) is 55.6 Å². The summed E-state index contributed by atoms with van der Waals surface area (Å²) in [4.78, 5) is 15.8. The number of methoxy groups -OCH3 is 1. The molecule has 0 saturated heterocycles. The molecule has 114 valence electrons. The molecule has 0 unspecified atom stereocenters. The van der Waals surface area contributed by atoms with Gasteiger partial charge in [0.2, 0.25) is 0 Å². The molecule has 2 aromatic rings. The molecule has 8 heteroatoms. The van der Waals surface area contributed by atoms with Crippen molar-refractivity contribution in [3.63, 3.8) is 0 Å². The number of halogens is 2. The van der Waals surface area contributed by atoms with Gasteiger partial charge in [0.25, 0.3) is 5.91 Å². The zero-order chi connectivity index (χ0) is 16.1. The summed E-state index contributed by atoms with van der Waals surface area (Å²) >= 11 is 6.45. The minimum atomic E-state index is -0.380. The standard InChI is InChI=1S/C14H11Br2N3O3/c1-22-12-3-8(2-11(16)13(12)20)5-18-19-14(21)9-4-10(15)7-17-6-9/h2-7,20H,1H3,(H,19,21)/b18-5+. The number of phenols is 1. The number of aromatic nitrogens is 1. The van der Waals surface area contributed by atoms with E-state index < -0.39 is 0 Å². The maximum absolute atomic E-state index is 11.9. The first-order valence-electron chi connectivity index (χ1n) is 6.01. The Morgan fingerprint density at radius 2 is 2.14 bits per heavy atom. The van der Waals surface area contributed by atoms with Gasteiger partial charge in [-0.15, -0.1) is 0 Å². The quantitative estimate of drug-likeness (QED) is 0.578. The largest absolute Gasteiger partial charge is 0.503 e. The third-order valence-electron chi connectivity index (χ3n) is 2.62. The number of carbonyl (C=O) groups excluding carboxylic acids is 1.